The third-order valence-corrected chi connectivity index (χ3v) is 5.58. The number of carbonyl (C=O) groups excluding carboxylic acids is 2. The molecule has 0 atom stereocenters. The molecule has 3 rings (SSSR count). The summed E-state index contributed by atoms with van der Waals surface area (Å²) in [6.45, 7) is 2.35. The van der Waals surface area contributed by atoms with Gasteiger partial charge < -0.3 is 10.6 Å². The van der Waals surface area contributed by atoms with Gasteiger partial charge in [-0.05, 0) is 48.2 Å². The Labute approximate surface area is 162 Å². The van der Waals surface area contributed by atoms with Gasteiger partial charge >= 0.3 is 0 Å². The largest absolute Gasteiger partial charge is 0.351 e. The summed E-state index contributed by atoms with van der Waals surface area (Å²) in [7, 11) is 0. The van der Waals surface area contributed by atoms with Gasteiger partial charge in [0.1, 0.15) is 0 Å². The maximum absolute atomic E-state index is 12.9. The number of carbonyl (C=O) groups is 2. The summed E-state index contributed by atoms with van der Waals surface area (Å²) >= 11 is 3.42. The normalized spacial score (nSPS) is 15.0. The maximum Gasteiger partial charge on any atom is 0.230 e. The van der Waals surface area contributed by atoms with Crippen molar-refractivity contribution in [3.8, 4) is 0 Å². The van der Waals surface area contributed by atoms with Crippen LogP contribution in [0.4, 0.5) is 5.69 Å². The highest BCUT2D eigenvalue weighted by atomic mass is 79.9. The number of amides is 2. The summed E-state index contributed by atoms with van der Waals surface area (Å²) in [5.74, 6) is 0.0698. The first kappa shape index (κ1) is 18.6. The van der Waals surface area contributed by atoms with E-state index in [9.17, 15) is 9.59 Å². The van der Waals surface area contributed by atoms with Crippen LogP contribution in [-0.4, -0.2) is 11.8 Å². The lowest BCUT2D eigenvalue weighted by molar-refractivity contribution is -0.130. The van der Waals surface area contributed by atoms with Gasteiger partial charge in [-0.2, -0.15) is 0 Å². The average molecular weight is 415 g/mol. The standard InChI is InChI=1S/C21H23BrN2O2/c1-2-19(25)24-18-10-6-16(7-11-18)21(12-3-13-21)20(26)23-14-15-4-8-17(22)9-5-15/h4-11H,2-3,12-14H2,1H3,(H,23,26)(H,24,25). The highest BCUT2D eigenvalue weighted by molar-refractivity contribution is 9.10. The minimum absolute atomic E-state index is 0.0108. The van der Waals surface area contributed by atoms with Crippen LogP contribution in [0.5, 0.6) is 0 Å². The molecule has 2 aromatic rings. The molecule has 0 aromatic heterocycles. The highest BCUT2D eigenvalue weighted by Gasteiger charge is 2.45. The third kappa shape index (κ3) is 3.98. The number of rotatable bonds is 6. The first-order chi connectivity index (χ1) is 12.5. The molecule has 0 bridgehead atoms. The summed E-state index contributed by atoms with van der Waals surface area (Å²) in [5.41, 5.74) is 2.42. The zero-order valence-electron chi connectivity index (χ0n) is 14.8. The number of anilines is 1. The zero-order valence-corrected chi connectivity index (χ0v) is 16.4. The van der Waals surface area contributed by atoms with E-state index < -0.39 is 5.41 Å². The Morgan fingerprint density at radius 3 is 2.23 bits per heavy atom. The van der Waals surface area contributed by atoms with Crippen molar-refractivity contribution in [1.29, 1.82) is 0 Å². The quantitative estimate of drug-likeness (QED) is 0.728. The summed E-state index contributed by atoms with van der Waals surface area (Å²) in [6.07, 6.45) is 3.23. The molecular weight excluding hydrogens is 392 g/mol. The number of hydrogen-bond acceptors (Lipinski definition) is 2. The van der Waals surface area contributed by atoms with E-state index in [2.05, 4.69) is 26.6 Å². The van der Waals surface area contributed by atoms with E-state index in [1.165, 1.54) is 0 Å². The van der Waals surface area contributed by atoms with Crippen molar-refractivity contribution in [3.63, 3.8) is 0 Å². The molecule has 4 nitrogen and oxygen atoms in total. The van der Waals surface area contributed by atoms with E-state index >= 15 is 0 Å². The van der Waals surface area contributed by atoms with Crippen molar-refractivity contribution in [3.05, 3.63) is 64.1 Å². The second kappa shape index (κ2) is 8.04. The lowest BCUT2D eigenvalue weighted by Crippen LogP contribution is -2.49. The lowest BCUT2D eigenvalue weighted by Gasteiger charge is -2.40. The molecule has 2 amide bonds. The van der Waals surface area contributed by atoms with Crippen molar-refractivity contribution >= 4 is 33.4 Å². The smallest absolute Gasteiger partial charge is 0.230 e. The zero-order chi connectivity index (χ0) is 18.6. The Morgan fingerprint density at radius 1 is 1.04 bits per heavy atom. The predicted octanol–water partition coefficient (Wildman–Crippen LogP) is 4.54. The number of benzene rings is 2. The summed E-state index contributed by atoms with van der Waals surface area (Å²) in [5, 5.41) is 5.94. The Hall–Kier alpha value is -2.14. The number of nitrogens with one attached hydrogen (secondary N) is 2. The maximum atomic E-state index is 12.9. The monoisotopic (exact) mass is 414 g/mol. The van der Waals surface area contributed by atoms with Gasteiger partial charge in [-0.25, -0.2) is 0 Å². The first-order valence-corrected chi connectivity index (χ1v) is 9.76. The van der Waals surface area contributed by atoms with Crippen molar-refractivity contribution < 1.29 is 9.59 Å². The van der Waals surface area contributed by atoms with Gasteiger partial charge in [0.2, 0.25) is 11.8 Å². The summed E-state index contributed by atoms with van der Waals surface area (Å²) < 4.78 is 1.03. The van der Waals surface area contributed by atoms with Crippen LogP contribution in [0.3, 0.4) is 0 Å². The topological polar surface area (TPSA) is 58.2 Å². The predicted molar refractivity (Wildman–Crippen MR) is 107 cm³/mol. The van der Waals surface area contributed by atoms with Gasteiger partial charge in [-0.1, -0.05) is 53.5 Å². The fourth-order valence-corrected chi connectivity index (χ4v) is 3.52. The number of halogens is 1. The van der Waals surface area contributed by atoms with Crippen LogP contribution in [0.1, 0.15) is 43.7 Å². The van der Waals surface area contributed by atoms with Gasteiger partial charge in [0, 0.05) is 23.1 Å². The fraction of sp³-hybridized carbons (Fsp3) is 0.333. The molecule has 1 fully saturated rings. The molecule has 1 aliphatic carbocycles. The third-order valence-electron chi connectivity index (χ3n) is 5.05. The Bertz CT molecular complexity index is 781. The molecule has 2 aromatic carbocycles. The molecule has 0 unspecified atom stereocenters. The molecular formula is C21H23BrN2O2. The van der Waals surface area contributed by atoms with Gasteiger partial charge in [0.25, 0.3) is 0 Å². The molecule has 0 spiro atoms. The van der Waals surface area contributed by atoms with Gasteiger partial charge in [-0.15, -0.1) is 0 Å². The van der Waals surface area contributed by atoms with Crippen molar-refractivity contribution in [2.75, 3.05) is 5.32 Å². The minimum atomic E-state index is -0.442. The average Bonchev–Trinajstić information content (AvgIpc) is 2.61. The van der Waals surface area contributed by atoms with E-state index in [1.54, 1.807) is 0 Å². The fourth-order valence-electron chi connectivity index (χ4n) is 3.25. The van der Waals surface area contributed by atoms with E-state index in [0.29, 0.717) is 13.0 Å². The second-order valence-corrected chi connectivity index (χ2v) is 7.64. The van der Waals surface area contributed by atoms with Crippen molar-refractivity contribution in [2.45, 2.75) is 44.6 Å². The molecule has 0 heterocycles. The SMILES string of the molecule is CCC(=O)Nc1ccc(C2(C(=O)NCc3ccc(Br)cc3)CCC2)cc1. The van der Waals surface area contributed by atoms with Crippen molar-refractivity contribution in [2.24, 2.45) is 0 Å². The van der Waals surface area contributed by atoms with Crippen molar-refractivity contribution in [1.82, 2.24) is 5.32 Å². The van der Waals surface area contributed by atoms with E-state index in [0.717, 1.165) is 40.5 Å². The van der Waals surface area contributed by atoms with Crippen LogP contribution in [0.15, 0.2) is 53.0 Å². The molecule has 5 heteroatoms. The molecule has 1 saturated carbocycles. The second-order valence-electron chi connectivity index (χ2n) is 6.72. The van der Waals surface area contributed by atoms with Crippen LogP contribution in [-0.2, 0) is 21.5 Å². The van der Waals surface area contributed by atoms with Crippen LogP contribution in [0.2, 0.25) is 0 Å². The van der Waals surface area contributed by atoms with E-state index in [-0.39, 0.29) is 11.8 Å². The molecule has 26 heavy (non-hydrogen) atoms. The van der Waals surface area contributed by atoms with Crippen LogP contribution < -0.4 is 10.6 Å². The van der Waals surface area contributed by atoms with Crippen LogP contribution in [0, 0.1) is 0 Å². The van der Waals surface area contributed by atoms with E-state index in [1.807, 2.05) is 55.5 Å². The van der Waals surface area contributed by atoms with Gasteiger partial charge in [-0.3, -0.25) is 9.59 Å². The van der Waals surface area contributed by atoms with Crippen LogP contribution >= 0.6 is 15.9 Å². The Balaban J connectivity index is 1.68. The first-order valence-electron chi connectivity index (χ1n) is 8.96. The van der Waals surface area contributed by atoms with E-state index in [4.69, 9.17) is 0 Å². The number of hydrogen-bond donors (Lipinski definition) is 2. The van der Waals surface area contributed by atoms with Gasteiger partial charge in [0.05, 0.1) is 5.41 Å². The molecule has 1 aliphatic rings. The summed E-state index contributed by atoms with van der Waals surface area (Å²) in [4.78, 5) is 24.4. The molecule has 0 aliphatic heterocycles. The molecule has 0 saturated heterocycles. The molecule has 0 radical (unpaired) electrons. The molecule has 136 valence electrons. The molecule has 2 N–H and O–H groups in total. The minimum Gasteiger partial charge on any atom is -0.351 e. The summed E-state index contributed by atoms with van der Waals surface area (Å²) in [6, 6.07) is 15.6. The van der Waals surface area contributed by atoms with Crippen LogP contribution in [0.25, 0.3) is 0 Å². The lowest BCUT2D eigenvalue weighted by atomic mass is 9.63. The van der Waals surface area contributed by atoms with Gasteiger partial charge in [0.15, 0.2) is 0 Å². The highest BCUT2D eigenvalue weighted by Crippen LogP contribution is 2.44. The Kier molecular flexibility index (Phi) is 5.77. The Morgan fingerprint density at radius 2 is 1.69 bits per heavy atom.